The number of rotatable bonds is 2. The molecule has 0 saturated carbocycles. The second-order valence-corrected chi connectivity index (χ2v) is 4.49. The van der Waals surface area contributed by atoms with E-state index in [9.17, 15) is 8.78 Å². The fourth-order valence-electron chi connectivity index (χ4n) is 1.50. The molecule has 0 bridgehead atoms. The second kappa shape index (κ2) is 5.43. The summed E-state index contributed by atoms with van der Waals surface area (Å²) >= 11 is 11.3. The molecule has 6 heteroatoms. The van der Waals surface area contributed by atoms with Crippen molar-refractivity contribution in [3.63, 3.8) is 0 Å². The maximum atomic E-state index is 13.3. The molecule has 0 unspecified atom stereocenters. The van der Waals surface area contributed by atoms with Crippen molar-refractivity contribution in [1.29, 1.82) is 5.26 Å². The summed E-state index contributed by atoms with van der Waals surface area (Å²) in [6, 6.07) is 8.21. The third-order valence-corrected chi connectivity index (χ3v) is 2.91. The van der Waals surface area contributed by atoms with Gasteiger partial charge in [-0.1, -0.05) is 23.2 Å². The molecular weight excluding hydrogens is 293 g/mol. The molecule has 0 amide bonds. The van der Waals surface area contributed by atoms with E-state index >= 15 is 0 Å². The van der Waals surface area contributed by atoms with E-state index in [1.165, 1.54) is 24.3 Å². The van der Waals surface area contributed by atoms with Gasteiger partial charge >= 0.3 is 0 Å². The molecule has 0 aliphatic heterocycles. The van der Waals surface area contributed by atoms with Crippen LogP contribution < -0.4 is 5.32 Å². The molecule has 96 valence electrons. The van der Waals surface area contributed by atoms with Gasteiger partial charge in [-0.15, -0.1) is 0 Å². The van der Waals surface area contributed by atoms with E-state index in [0.717, 1.165) is 6.07 Å². The summed E-state index contributed by atoms with van der Waals surface area (Å²) in [6.07, 6.45) is 0. The summed E-state index contributed by atoms with van der Waals surface area (Å²) in [5, 5.41) is 11.5. The summed E-state index contributed by atoms with van der Waals surface area (Å²) in [7, 11) is 0. The van der Waals surface area contributed by atoms with Crippen LogP contribution >= 0.6 is 23.2 Å². The quantitative estimate of drug-likeness (QED) is 0.802. The molecule has 2 nitrogen and oxygen atoms in total. The standard InChI is InChI=1S/C13H6Cl2F2N2/c14-10-4-9(5-11(15)13(10)17)19-12-2-1-8(16)3-7(12)6-18/h1-5,19H. The van der Waals surface area contributed by atoms with Gasteiger partial charge in [0.2, 0.25) is 0 Å². The topological polar surface area (TPSA) is 35.8 Å². The minimum absolute atomic E-state index is 0.122. The first kappa shape index (κ1) is 13.6. The Hall–Kier alpha value is -1.83. The van der Waals surface area contributed by atoms with Gasteiger partial charge < -0.3 is 5.32 Å². The Morgan fingerprint density at radius 3 is 2.26 bits per heavy atom. The molecule has 1 N–H and O–H groups in total. The largest absolute Gasteiger partial charge is 0.354 e. The third kappa shape index (κ3) is 2.95. The molecule has 0 spiro atoms. The first-order chi connectivity index (χ1) is 9.01. The summed E-state index contributed by atoms with van der Waals surface area (Å²) < 4.78 is 26.2. The molecule has 19 heavy (non-hydrogen) atoms. The van der Waals surface area contributed by atoms with E-state index in [1.807, 2.05) is 6.07 Å². The number of hydrogen-bond donors (Lipinski definition) is 1. The van der Waals surface area contributed by atoms with Crippen LogP contribution in [0.25, 0.3) is 0 Å². The van der Waals surface area contributed by atoms with Crippen LogP contribution in [0.4, 0.5) is 20.2 Å². The molecule has 0 radical (unpaired) electrons. The summed E-state index contributed by atoms with van der Waals surface area (Å²) in [5.74, 6) is -1.23. The number of hydrogen-bond acceptors (Lipinski definition) is 2. The van der Waals surface area contributed by atoms with Crippen LogP contribution in [0, 0.1) is 23.0 Å². The molecule has 0 aromatic heterocycles. The summed E-state index contributed by atoms with van der Waals surface area (Å²) in [4.78, 5) is 0. The number of anilines is 2. The molecule has 0 atom stereocenters. The average Bonchev–Trinajstić information content (AvgIpc) is 2.38. The highest BCUT2D eigenvalue weighted by Gasteiger charge is 2.09. The number of benzene rings is 2. The van der Waals surface area contributed by atoms with Crippen molar-refractivity contribution < 1.29 is 8.78 Å². The summed E-state index contributed by atoms with van der Waals surface area (Å²) in [6.45, 7) is 0. The van der Waals surface area contributed by atoms with E-state index in [1.54, 1.807) is 0 Å². The Morgan fingerprint density at radius 1 is 1.05 bits per heavy atom. The lowest BCUT2D eigenvalue weighted by Gasteiger charge is -2.09. The first-order valence-corrected chi connectivity index (χ1v) is 5.88. The fourth-order valence-corrected chi connectivity index (χ4v) is 1.99. The van der Waals surface area contributed by atoms with Gasteiger partial charge in [0, 0.05) is 5.69 Å². The minimum Gasteiger partial charge on any atom is -0.354 e. The SMILES string of the molecule is N#Cc1cc(F)ccc1Nc1cc(Cl)c(F)c(Cl)c1. The Bertz CT molecular complexity index is 658. The van der Waals surface area contributed by atoms with Crippen LogP contribution in [0.1, 0.15) is 5.56 Å². The Morgan fingerprint density at radius 2 is 1.68 bits per heavy atom. The normalized spacial score (nSPS) is 10.1. The molecule has 0 fully saturated rings. The molecule has 0 heterocycles. The smallest absolute Gasteiger partial charge is 0.160 e. The highest BCUT2D eigenvalue weighted by Crippen LogP contribution is 2.30. The molecule has 0 aliphatic rings. The molecule has 0 saturated heterocycles. The van der Waals surface area contributed by atoms with Crippen LogP contribution in [0.15, 0.2) is 30.3 Å². The lowest BCUT2D eigenvalue weighted by molar-refractivity contribution is 0.627. The van der Waals surface area contributed by atoms with Crippen molar-refractivity contribution in [3.05, 3.63) is 57.6 Å². The van der Waals surface area contributed by atoms with Crippen molar-refractivity contribution in [2.24, 2.45) is 0 Å². The Labute approximate surface area is 118 Å². The molecule has 2 rings (SSSR count). The van der Waals surface area contributed by atoms with E-state index in [2.05, 4.69) is 5.32 Å². The van der Waals surface area contributed by atoms with Crippen molar-refractivity contribution in [3.8, 4) is 6.07 Å². The van der Waals surface area contributed by atoms with Crippen LogP contribution in [0.2, 0.25) is 10.0 Å². The van der Waals surface area contributed by atoms with Crippen LogP contribution in [-0.2, 0) is 0 Å². The van der Waals surface area contributed by atoms with Gasteiger partial charge in [-0.2, -0.15) is 5.26 Å². The zero-order valence-corrected chi connectivity index (χ0v) is 10.9. The molecule has 2 aromatic carbocycles. The predicted octanol–water partition coefficient (Wildman–Crippen LogP) is 4.89. The molecule has 2 aromatic rings. The first-order valence-electron chi connectivity index (χ1n) is 5.12. The van der Waals surface area contributed by atoms with Crippen LogP contribution in [-0.4, -0.2) is 0 Å². The molecule has 0 aliphatic carbocycles. The lowest BCUT2D eigenvalue weighted by Crippen LogP contribution is -1.95. The van der Waals surface area contributed by atoms with Crippen LogP contribution in [0.5, 0.6) is 0 Å². The monoisotopic (exact) mass is 298 g/mol. The fraction of sp³-hybridized carbons (Fsp3) is 0. The van der Waals surface area contributed by atoms with Gasteiger partial charge in [0.1, 0.15) is 11.9 Å². The molecular formula is C13H6Cl2F2N2. The lowest BCUT2D eigenvalue weighted by atomic mass is 10.2. The van der Waals surface area contributed by atoms with Crippen molar-refractivity contribution in [2.45, 2.75) is 0 Å². The zero-order chi connectivity index (χ0) is 14.0. The Kier molecular flexibility index (Phi) is 3.89. The van der Waals surface area contributed by atoms with Crippen molar-refractivity contribution in [1.82, 2.24) is 0 Å². The highest BCUT2D eigenvalue weighted by molar-refractivity contribution is 6.35. The zero-order valence-electron chi connectivity index (χ0n) is 9.35. The van der Waals surface area contributed by atoms with Crippen molar-refractivity contribution in [2.75, 3.05) is 5.32 Å². The van der Waals surface area contributed by atoms with E-state index in [4.69, 9.17) is 28.5 Å². The van der Waals surface area contributed by atoms with Gasteiger partial charge in [0.15, 0.2) is 5.82 Å². The van der Waals surface area contributed by atoms with E-state index in [0.29, 0.717) is 11.4 Å². The van der Waals surface area contributed by atoms with Crippen LogP contribution in [0.3, 0.4) is 0 Å². The van der Waals surface area contributed by atoms with Gasteiger partial charge in [-0.05, 0) is 30.3 Å². The van der Waals surface area contributed by atoms with Gasteiger partial charge in [0.05, 0.1) is 21.3 Å². The van der Waals surface area contributed by atoms with E-state index in [-0.39, 0.29) is 15.6 Å². The maximum Gasteiger partial charge on any atom is 0.160 e. The Balaban J connectivity index is 2.40. The predicted molar refractivity (Wildman–Crippen MR) is 70.8 cm³/mol. The maximum absolute atomic E-state index is 13.3. The van der Waals surface area contributed by atoms with Gasteiger partial charge in [-0.3, -0.25) is 0 Å². The third-order valence-electron chi connectivity index (χ3n) is 2.36. The van der Waals surface area contributed by atoms with Gasteiger partial charge in [0.25, 0.3) is 0 Å². The van der Waals surface area contributed by atoms with Gasteiger partial charge in [-0.25, -0.2) is 8.78 Å². The van der Waals surface area contributed by atoms with Crippen molar-refractivity contribution >= 4 is 34.6 Å². The number of nitriles is 1. The minimum atomic E-state index is -0.714. The number of nitrogens with zero attached hydrogens (tertiary/aromatic N) is 1. The van der Waals surface area contributed by atoms with E-state index < -0.39 is 11.6 Å². The highest BCUT2D eigenvalue weighted by atomic mass is 35.5. The summed E-state index contributed by atoms with van der Waals surface area (Å²) in [5.41, 5.74) is 0.902. The second-order valence-electron chi connectivity index (χ2n) is 3.68. The number of halogens is 4. The number of nitrogens with one attached hydrogen (secondary N) is 1. The average molecular weight is 299 g/mol.